The highest BCUT2D eigenvalue weighted by atomic mass is 32.1. The number of halogens is 1. The average molecular weight is 294 g/mol. The number of amides is 1. The number of hydrogen-bond donors (Lipinski definition) is 1. The summed E-state index contributed by atoms with van der Waals surface area (Å²) in [6.07, 6.45) is 0.569. The Morgan fingerprint density at radius 3 is 2.55 bits per heavy atom. The number of nitrogens with zero attached hydrogens (tertiary/aromatic N) is 1. The first kappa shape index (κ1) is 14.1. The molecule has 5 nitrogen and oxygen atoms in total. The molecule has 0 unspecified atom stereocenters. The van der Waals surface area contributed by atoms with Crippen molar-refractivity contribution in [3.05, 3.63) is 62.8 Å². The number of hydrogen-bond acceptors (Lipinski definition) is 4. The van der Waals surface area contributed by atoms with Crippen LogP contribution in [0.15, 0.2) is 36.4 Å². The predicted octanol–water partition coefficient (Wildman–Crippen LogP) is 2.77. The third-order valence-electron chi connectivity index (χ3n) is 2.61. The van der Waals surface area contributed by atoms with Gasteiger partial charge in [-0.1, -0.05) is 23.5 Å². The highest BCUT2D eigenvalue weighted by Crippen LogP contribution is 2.23. The molecule has 104 valence electrons. The van der Waals surface area contributed by atoms with Gasteiger partial charge in [0.2, 0.25) is 0 Å². The summed E-state index contributed by atoms with van der Waals surface area (Å²) in [6.45, 7) is 0.385. The zero-order chi connectivity index (χ0) is 14.5. The Labute approximate surface area is 118 Å². The van der Waals surface area contributed by atoms with Crippen LogP contribution in [-0.2, 0) is 6.42 Å². The van der Waals surface area contributed by atoms with Crippen LogP contribution >= 0.6 is 11.3 Å². The van der Waals surface area contributed by atoms with Gasteiger partial charge >= 0.3 is 5.00 Å². The molecule has 0 radical (unpaired) electrons. The topological polar surface area (TPSA) is 72.2 Å². The van der Waals surface area contributed by atoms with E-state index in [-0.39, 0.29) is 16.7 Å². The normalized spacial score (nSPS) is 10.2. The van der Waals surface area contributed by atoms with E-state index in [1.165, 1.54) is 24.3 Å². The van der Waals surface area contributed by atoms with Crippen LogP contribution in [0.2, 0.25) is 0 Å². The molecule has 7 heteroatoms. The molecule has 0 saturated heterocycles. The number of benzene rings is 1. The lowest BCUT2D eigenvalue weighted by Crippen LogP contribution is -2.24. The first-order valence-corrected chi connectivity index (χ1v) is 6.65. The van der Waals surface area contributed by atoms with Gasteiger partial charge in [-0.3, -0.25) is 14.9 Å². The maximum Gasteiger partial charge on any atom is 0.324 e. The van der Waals surface area contributed by atoms with E-state index >= 15 is 0 Å². The summed E-state index contributed by atoms with van der Waals surface area (Å²) < 4.78 is 12.7. The fourth-order valence-electron chi connectivity index (χ4n) is 1.61. The van der Waals surface area contributed by atoms with Crippen molar-refractivity contribution in [2.24, 2.45) is 0 Å². The molecule has 0 atom stereocenters. The molecule has 0 saturated carbocycles. The van der Waals surface area contributed by atoms with Crippen LogP contribution < -0.4 is 5.32 Å². The van der Waals surface area contributed by atoms with Crippen LogP contribution in [0.4, 0.5) is 9.39 Å². The predicted molar refractivity (Wildman–Crippen MR) is 73.4 cm³/mol. The van der Waals surface area contributed by atoms with E-state index in [0.29, 0.717) is 17.8 Å². The van der Waals surface area contributed by atoms with E-state index in [2.05, 4.69) is 5.32 Å². The number of carbonyl (C=O) groups is 1. The zero-order valence-corrected chi connectivity index (χ0v) is 11.2. The molecule has 0 aliphatic carbocycles. The third kappa shape index (κ3) is 3.61. The van der Waals surface area contributed by atoms with Gasteiger partial charge in [0.05, 0.1) is 9.80 Å². The van der Waals surface area contributed by atoms with E-state index in [0.717, 1.165) is 16.9 Å². The van der Waals surface area contributed by atoms with Gasteiger partial charge in [-0.2, -0.15) is 0 Å². The van der Waals surface area contributed by atoms with Crippen LogP contribution in [0, 0.1) is 15.9 Å². The molecule has 1 heterocycles. The van der Waals surface area contributed by atoms with Crippen LogP contribution in [0.5, 0.6) is 0 Å². The first-order chi connectivity index (χ1) is 9.56. The van der Waals surface area contributed by atoms with Gasteiger partial charge in [-0.05, 0) is 30.2 Å². The summed E-state index contributed by atoms with van der Waals surface area (Å²) in [5.74, 6) is -0.645. The van der Waals surface area contributed by atoms with E-state index in [1.807, 2.05) is 0 Å². The summed E-state index contributed by atoms with van der Waals surface area (Å²) >= 11 is 0.837. The van der Waals surface area contributed by atoms with Crippen molar-refractivity contribution in [2.45, 2.75) is 6.42 Å². The first-order valence-electron chi connectivity index (χ1n) is 5.83. The lowest BCUT2D eigenvalue weighted by molar-refractivity contribution is -0.380. The molecule has 20 heavy (non-hydrogen) atoms. The van der Waals surface area contributed by atoms with Gasteiger partial charge in [0.1, 0.15) is 5.82 Å². The lowest BCUT2D eigenvalue weighted by atomic mass is 10.1. The molecule has 0 fully saturated rings. The third-order valence-corrected chi connectivity index (χ3v) is 3.64. The Balaban J connectivity index is 1.85. The minimum Gasteiger partial charge on any atom is -0.351 e. The molecule has 0 aliphatic rings. The van der Waals surface area contributed by atoms with E-state index in [9.17, 15) is 19.3 Å². The molecule has 0 aliphatic heterocycles. The monoisotopic (exact) mass is 294 g/mol. The van der Waals surface area contributed by atoms with Gasteiger partial charge in [0, 0.05) is 12.6 Å². The minimum atomic E-state index is -0.528. The largest absolute Gasteiger partial charge is 0.351 e. The molecule has 1 aromatic carbocycles. The van der Waals surface area contributed by atoms with E-state index < -0.39 is 4.92 Å². The Morgan fingerprint density at radius 1 is 1.25 bits per heavy atom. The molecule has 1 aromatic heterocycles. The van der Waals surface area contributed by atoms with Crippen molar-refractivity contribution in [2.75, 3.05) is 6.54 Å². The average Bonchev–Trinajstić information content (AvgIpc) is 2.91. The van der Waals surface area contributed by atoms with Gasteiger partial charge in [0.25, 0.3) is 5.91 Å². The fourth-order valence-corrected chi connectivity index (χ4v) is 2.34. The number of rotatable bonds is 5. The molecular weight excluding hydrogens is 283 g/mol. The number of nitro groups is 1. The second-order valence-corrected chi connectivity index (χ2v) is 5.09. The molecule has 0 spiro atoms. The Bertz CT molecular complexity index is 625. The molecule has 0 bridgehead atoms. The van der Waals surface area contributed by atoms with Crippen LogP contribution in [-0.4, -0.2) is 17.4 Å². The van der Waals surface area contributed by atoms with Crippen molar-refractivity contribution in [1.82, 2.24) is 5.32 Å². The van der Waals surface area contributed by atoms with Crippen LogP contribution in [0.3, 0.4) is 0 Å². The van der Waals surface area contributed by atoms with Gasteiger partial charge in [0.15, 0.2) is 0 Å². The summed E-state index contributed by atoms with van der Waals surface area (Å²) in [5.41, 5.74) is 0.906. The summed E-state index contributed by atoms with van der Waals surface area (Å²) in [5, 5.41) is 13.1. The minimum absolute atomic E-state index is 0.0614. The second-order valence-electron chi connectivity index (χ2n) is 4.03. The zero-order valence-electron chi connectivity index (χ0n) is 10.3. The smallest absolute Gasteiger partial charge is 0.324 e. The summed E-state index contributed by atoms with van der Waals surface area (Å²) in [7, 11) is 0. The molecule has 2 aromatic rings. The number of thiophene rings is 1. The fraction of sp³-hybridized carbons (Fsp3) is 0.154. The van der Waals surface area contributed by atoms with Crippen molar-refractivity contribution in [1.29, 1.82) is 0 Å². The second kappa shape index (κ2) is 6.25. The Kier molecular flexibility index (Phi) is 4.41. The van der Waals surface area contributed by atoms with Crippen molar-refractivity contribution < 1.29 is 14.1 Å². The molecular formula is C13H11FN2O3S. The van der Waals surface area contributed by atoms with Gasteiger partial charge in [-0.15, -0.1) is 0 Å². The van der Waals surface area contributed by atoms with Gasteiger partial charge in [-0.25, -0.2) is 4.39 Å². The lowest BCUT2D eigenvalue weighted by Gasteiger charge is -2.03. The Morgan fingerprint density at radius 2 is 1.95 bits per heavy atom. The van der Waals surface area contributed by atoms with Crippen LogP contribution in [0.1, 0.15) is 15.2 Å². The molecule has 1 N–H and O–H groups in total. The van der Waals surface area contributed by atoms with E-state index in [1.54, 1.807) is 12.1 Å². The quantitative estimate of drug-likeness (QED) is 0.680. The van der Waals surface area contributed by atoms with Crippen molar-refractivity contribution in [3.8, 4) is 0 Å². The standard InChI is InChI=1S/C13H11FN2O3S/c14-10-3-1-9(2-4-10)7-8-15-13(17)11-5-6-12(20-11)16(18)19/h1-6H,7-8H2,(H,15,17). The molecule has 2 rings (SSSR count). The maximum absolute atomic E-state index is 12.7. The summed E-state index contributed by atoms with van der Waals surface area (Å²) in [4.78, 5) is 22.0. The SMILES string of the molecule is O=C(NCCc1ccc(F)cc1)c1ccc([N+](=O)[O-])s1. The van der Waals surface area contributed by atoms with Crippen LogP contribution in [0.25, 0.3) is 0 Å². The summed E-state index contributed by atoms with van der Waals surface area (Å²) in [6, 6.07) is 8.75. The number of nitrogens with one attached hydrogen (secondary N) is 1. The van der Waals surface area contributed by atoms with Crippen molar-refractivity contribution in [3.63, 3.8) is 0 Å². The van der Waals surface area contributed by atoms with E-state index in [4.69, 9.17) is 0 Å². The molecule has 1 amide bonds. The Hall–Kier alpha value is -2.28. The van der Waals surface area contributed by atoms with Crippen molar-refractivity contribution >= 4 is 22.2 Å². The van der Waals surface area contributed by atoms with Gasteiger partial charge < -0.3 is 5.32 Å². The highest BCUT2D eigenvalue weighted by Gasteiger charge is 2.14. The highest BCUT2D eigenvalue weighted by molar-refractivity contribution is 7.17. The maximum atomic E-state index is 12.7. The number of carbonyl (C=O) groups excluding carboxylic acids is 1.